The lowest BCUT2D eigenvalue weighted by molar-refractivity contribution is 0.218. The first-order chi connectivity index (χ1) is 35.2. The molecule has 2 nitrogen and oxygen atoms in total. The quantitative estimate of drug-likeness (QED) is 0.153. The molecular formula is C70H68N2. The monoisotopic (exact) mass is 937 g/mol. The fraction of sp³-hybridized carbons (Fsp3) is 0.286. The van der Waals surface area contributed by atoms with E-state index in [4.69, 9.17) is 0 Å². The smallest absolute Gasteiger partial charge is 0.0517 e. The lowest BCUT2D eigenvalue weighted by Crippen LogP contribution is -2.53. The summed E-state index contributed by atoms with van der Waals surface area (Å²) < 4.78 is 0. The van der Waals surface area contributed by atoms with Gasteiger partial charge in [-0.05, 0) is 177 Å². The van der Waals surface area contributed by atoms with Gasteiger partial charge in [0.1, 0.15) is 0 Å². The van der Waals surface area contributed by atoms with Gasteiger partial charge in [0.25, 0.3) is 0 Å². The van der Waals surface area contributed by atoms with E-state index in [0.29, 0.717) is 0 Å². The molecule has 4 unspecified atom stereocenters. The molecule has 358 valence electrons. The molecule has 0 aromatic heterocycles. The van der Waals surface area contributed by atoms with Crippen LogP contribution in [0, 0.1) is 0 Å². The summed E-state index contributed by atoms with van der Waals surface area (Å²) in [6.45, 7) is 10.3. The molecule has 4 atom stereocenters. The highest BCUT2D eigenvalue weighted by atomic mass is 15.3. The van der Waals surface area contributed by atoms with Gasteiger partial charge in [-0.1, -0.05) is 199 Å². The van der Waals surface area contributed by atoms with Crippen molar-refractivity contribution in [3.8, 4) is 44.5 Å². The van der Waals surface area contributed by atoms with Crippen LogP contribution in [0.25, 0.3) is 66.1 Å². The SMILES string of the molecule is CC12CCCCCCC1(C)N(c1ccccc1)c1ccc(-c3ccc4c(-c5ccccc5)c5cc(-c6ccc7c(c6)C6(C)CCCCCCC6(C)N7c6ccccc6)ccc5c(-c5ccccc5)c4c3)cc12. The fourth-order valence-corrected chi connectivity index (χ4v) is 14.9. The molecule has 2 heteroatoms. The molecule has 0 radical (unpaired) electrons. The van der Waals surface area contributed by atoms with Gasteiger partial charge in [-0.2, -0.15) is 0 Å². The summed E-state index contributed by atoms with van der Waals surface area (Å²) in [5, 5.41) is 5.16. The van der Waals surface area contributed by atoms with E-state index in [0.717, 1.165) is 0 Å². The minimum atomic E-state index is -0.0164. The van der Waals surface area contributed by atoms with Gasteiger partial charge < -0.3 is 9.80 Å². The summed E-state index contributed by atoms with van der Waals surface area (Å²) >= 11 is 0. The summed E-state index contributed by atoms with van der Waals surface area (Å²) in [5.74, 6) is 0. The Morgan fingerprint density at radius 1 is 0.292 bits per heavy atom. The number of para-hydroxylation sites is 2. The molecule has 13 rings (SSSR count). The molecule has 0 N–H and O–H groups in total. The van der Waals surface area contributed by atoms with Gasteiger partial charge in [0, 0.05) is 33.6 Å². The Labute approximate surface area is 428 Å². The van der Waals surface area contributed by atoms with E-state index < -0.39 is 0 Å². The lowest BCUT2D eigenvalue weighted by Gasteiger charge is -2.48. The number of benzene rings is 9. The first-order valence-electron chi connectivity index (χ1n) is 27.4. The van der Waals surface area contributed by atoms with Crippen molar-refractivity contribution in [2.24, 2.45) is 0 Å². The molecule has 2 saturated carbocycles. The molecule has 9 aromatic carbocycles. The Morgan fingerprint density at radius 3 is 1.01 bits per heavy atom. The van der Waals surface area contributed by atoms with Crippen molar-refractivity contribution in [2.45, 2.75) is 127 Å². The minimum Gasteiger partial charge on any atom is -0.334 e. The van der Waals surface area contributed by atoms with Gasteiger partial charge in [0.2, 0.25) is 0 Å². The Hall–Kier alpha value is -6.90. The van der Waals surface area contributed by atoms with Crippen molar-refractivity contribution in [2.75, 3.05) is 9.80 Å². The van der Waals surface area contributed by atoms with Crippen LogP contribution in [0.2, 0.25) is 0 Å². The molecule has 2 fully saturated rings. The largest absolute Gasteiger partial charge is 0.334 e. The number of anilines is 4. The van der Waals surface area contributed by atoms with Gasteiger partial charge in [-0.3, -0.25) is 0 Å². The Bertz CT molecular complexity index is 3260. The van der Waals surface area contributed by atoms with Gasteiger partial charge in [0.05, 0.1) is 11.1 Å². The van der Waals surface area contributed by atoms with E-state index in [1.807, 2.05) is 0 Å². The van der Waals surface area contributed by atoms with Crippen molar-refractivity contribution >= 4 is 44.3 Å². The van der Waals surface area contributed by atoms with Crippen LogP contribution >= 0.6 is 0 Å². The van der Waals surface area contributed by atoms with E-state index in [1.54, 1.807) is 0 Å². The number of hydrogen-bond donors (Lipinski definition) is 0. The second-order valence-electron chi connectivity index (χ2n) is 22.8. The Balaban J connectivity index is 1.00. The van der Waals surface area contributed by atoms with E-state index in [9.17, 15) is 0 Å². The summed E-state index contributed by atoms with van der Waals surface area (Å²) in [6.07, 6.45) is 15.1. The molecule has 72 heavy (non-hydrogen) atoms. The van der Waals surface area contributed by atoms with Gasteiger partial charge >= 0.3 is 0 Å². The van der Waals surface area contributed by atoms with Crippen molar-refractivity contribution < 1.29 is 0 Å². The maximum Gasteiger partial charge on any atom is 0.0517 e. The third-order valence-electron chi connectivity index (χ3n) is 19.1. The van der Waals surface area contributed by atoms with Crippen LogP contribution in [0.4, 0.5) is 22.7 Å². The third-order valence-corrected chi connectivity index (χ3v) is 19.1. The lowest BCUT2D eigenvalue weighted by atomic mass is 9.63. The average molecular weight is 937 g/mol. The molecule has 2 aliphatic heterocycles. The van der Waals surface area contributed by atoms with E-state index in [-0.39, 0.29) is 21.9 Å². The van der Waals surface area contributed by atoms with Crippen LogP contribution in [0.3, 0.4) is 0 Å². The minimum absolute atomic E-state index is 0.0155. The summed E-state index contributed by atoms with van der Waals surface area (Å²) in [6, 6.07) is 74.4. The molecule has 2 heterocycles. The van der Waals surface area contributed by atoms with E-state index >= 15 is 0 Å². The molecule has 4 aliphatic rings. The first-order valence-corrected chi connectivity index (χ1v) is 27.4. The van der Waals surface area contributed by atoms with Crippen LogP contribution < -0.4 is 9.80 Å². The maximum absolute atomic E-state index is 2.72. The van der Waals surface area contributed by atoms with Crippen LogP contribution in [-0.2, 0) is 10.8 Å². The second kappa shape index (κ2) is 17.4. The van der Waals surface area contributed by atoms with Gasteiger partial charge in [-0.15, -0.1) is 0 Å². The number of hydrogen-bond acceptors (Lipinski definition) is 2. The van der Waals surface area contributed by atoms with Crippen LogP contribution in [0.5, 0.6) is 0 Å². The van der Waals surface area contributed by atoms with Crippen molar-refractivity contribution in [1.82, 2.24) is 0 Å². The van der Waals surface area contributed by atoms with Crippen molar-refractivity contribution in [1.29, 1.82) is 0 Å². The zero-order valence-corrected chi connectivity index (χ0v) is 42.9. The molecular weight excluding hydrogens is 869 g/mol. The molecule has 9 aromatic rings. The molecule has 2 aliphatic carbocycles. The van der Waals surface area contributed by atoms with E-state index in [2.05, 4.69) is 232 Å². The topological polar surface area (TPSA) is 6.48 Å². The van der Waals surface area contributed by atoms with Crippen LogP contribution in [0.1, 0.15) is 116 Å². The number of rotatable bonds is 6. The van der Waals surface area contributed by atoms with Crippen molar-refractivity contribution in [3.63, 3.8) is 0 Å². The summed E-state index contributed by atoms with van der Waals surface area (Å²) in [7, 11) is 0. The number of nitrogens with zero attached hydrogens (tertiary/aromatic N) is 2. The van der Waals surface area contributed by atoms with Gasteiger partial charge in [0.15, 0.2) is 0 Å². The third kappa shape index (κ3) is 6.81. The summed E-state index contributed by atoms with van der Waals surface area (Å²) in [5.41, 5.74) is 18.6. The fourth-order valence-electron chi connectivity index (χ4n) is 14.9. The maximum atomic E-state index is 2.72. The normalized spacial score (nSPS) is 23.9. The van der Waals surface area contributed by atoms with E-state index in [1.165, 1.54) is 177 Å². The summed E-state index contributed by atoms with van der Waals surface area (Å²) in [4.78, 5) is 5.44. The highest BCUT2D eigenvalue weighted by Gasteiger charge is 2.57. The molecule has 0 amide bonds. The highest BCUT2D eigenvalue weighted by Crippen LogP contribution is 2.62. The predicted octanol–water partition coefficient (Wildman–Crippen LogP) is 19.7. The van der Waals surface area contributed by atoms with Crippen LogP contribution in [-0.4, -0.2) is 11.1 Å². The molecule has 0 saturated heterocycles. The average Bonchev–Trinajstić information content (AvgIpc) is 3.71. The Kier molecular flexibility index (Phi) is 10.9. The predicted molar refractivity (Wildman–Crippen MR) is 307 cm³/mol. The Morgan fingerprint density at radius 2 is 0.625 bits per heavy atom. The van der Waals surface area contributed by atoms with Crippen LogP contribution in [0.15, 0.2) is 194 Å². The highest BCUT2D eigenvalue weighted by molar-refractivity contribution is 6.22. The van der Waals surface area contributed by atoms with Gasteiger partial charge in [-0.25, -0.2) is 0 Å². The zero-order valence-electron chi connectivity index (χ0n) is 42.9. The first kappa shape index (κ1) is 45.0. The molecule has 0 bridgehead atoms. The van der Waals surface area contributed by atoms with Crippen molar-refractivity contribution in [3.05, 3.63) is 205 Å². The number of fused-ring (bicyclic) bond motifs is 8. The second-order valence-corrected chi connectivity index (χ2v) is 22.8. The molecule has 0 spiro atoms. The zero-order chi connectivity index (χ0) is 48.7. The standard InChI is InChI=1S/C70H68N2/c1-67-41-21-5-7-23-43-69(67,3)71(55-29-17-11-18-30-55)63-39-35-53(47-61(63)67)51-33-37-57-59(45-51)65(49-25-13-9-14-26-49)58-38-34-52(46-60(58)66(57)50-27-15-10-16-28-50)54-36-40-64-62(48-54)68(2)42-22-6-8-24-44-70(68,4)72(64)56-31-19-12-20-32-56/h9-20,25-40,45-48H,5-8,21-24,41-44H2,1-4H3.